The van der Waals surface area contributed by atoms with E-state index in [-0.39, 0.29) is 18.6 Å². The monoisotopic (exact) mass is 340 g/mol. The van der Waals surface area contributed by atoms with Gasteiger partial charge in [-0.1, -0.05) is 31.2 Å². The number of benzene rings is 2. The first-order chi connectivity index (χ1) is 11.7. The van der Waals surface area contributed by atoms with E-state index in [2.05, 4.69) is 11.4 Å². The predicted molar refractivity (Wildman–Crippen MR) is 95.8 cm³/mol. The summed E-state index contributed by atoms with van der Waals surface area (Å²) in [6.07, 6.45) is 0.683. The number of aliphatic hydroxyl groups is 1. The Morgan fingerprint density at radius 2 is 1.96 bits per heavy atom. The summed E-state index contributed by atoms with van der Waals surface area (Å²) in [5.41, 5.74) is 2.34. The molecule has 2 aromatic carbocycles. The first-order valence-electron chi connectivity index (χ1n) is 7.80. The van der Waals surface area contributed by atoms with Crippen molar-refractivity contribution in [1.82, 2.24) is 5.32 Å². The molecule has 0 aromatic heterocycles. The van der Waals surface area contributed by atoms with Gasteiger partial charge in [-0.3, -0.25) is 4.79 Å². The first-order valence-corrected chi connectivity index (χ1v) is 8.79. The maximum Gasteiger partial charge on any atom is 0.252 e. The van der Waals surface area contributed by atoms with E-state index >= 15 is 0 Å². The number of amides is 1. The Morgan fingerprint density at radius 1 is 1.25 bits per heavy atom. The van der Waals surface area contributed by atoms with E-state index < -0.39 is 0 Å². The normalized spacial score (nSPS) is 11.5. The number of rotatable bonds is 7. The van der Waals surface area contributed by atoms with Crippen LogP contribution in [0.15, 0.2) is 53.4 Å². The van der Waals surface area contributed by atoms with Gasteiger partial charge >= 0.3 is 0 Å². The lowest BCUT2D eigenvalue weighted by atomic mass is 10.2. The van der Waals surface area contributed by atoms with Crippen molar-refractivity contribution in [2.24, 2.45) is 0 Å². The van der Waals surface area contributed by atoms with E-state index in [0.29, 0.717) is 23.3 Å². The summed E-state index contributed by atoms with van der Waals surface area (Å²) in [5, 5.41) is 20.9. The third-order valence-corrected chi connectivity index (χ3v) is 4.80. The van der Waals surface area contributed by atoms with Gasteiger partial charge < -0.3 is 10.4 Å². The van der Waals surface area contributed by atoms with Gasteiger partial charge in [-0.15, -0.1) is 11.8 Å². The molecule has 0 saturated carbocycles. The van der Waals surface area contributed by atoms with Crippen LogP contribution in [-0.4, -0.2) is 23.7 Å². The van der Waals surface area contributed by atoms with E-state index in [1.165, 1.54) is 0 Å². The third kappa shape index (κ3) is 4.85. The number of nitrogens with one attached hydrogen (secondary N) is 1. The molecule has 5 heteroatoms. The highest BCUT2D eigenvalue weighted by molar-refractivity contribution is 7.98. The van der Waals surface area contributed by atoms with E-state index in [9.17, 15) is 9.90 Å². The number of carbonyl (C=O) groups is 1. The molecule has 2 N–H and O–H groups in total. The summed E-state index contributed by atoms with van der Waals surface area (Å²) in [4.78, 5) is 13.3. The van der Waals surface area contributed by atoms with Crippen LogP contribution in [0.3, 0.4) is 0 Å². The first kappa shape index (κ1) is 18.1. The van der Waals surface area contributed by atoms with E-state index in [1.807, 2.05) is 37.3 Å². The molecule has 4 nitrogen and oxygen atoms in total. The van der Waals surface area contributed by atoms with Gasteiger partial charge in [-0.25, -0.2) is 0 Å². The van der Waals surface area contributed by atoms with Crippen molar-refractivity contribution < 1.29 is 9.90 Å². The topological polar surface area (TPSA) is 73.1 Å². The zero-order valence-corrected chi connectivity index (χ0v) is 14.3. The molecule has 1 unspecified atom stereocenters. The molecule has 0 aliphatic rings. The average molecular weight is 340 g/mol. The molecule has 0 spiro atoms. The zero-order valence-electron chi connectivity index (χ0n) is 13.5. The molecule has 0 radical (unpaired) electrons. The predicted octanol–water partition coefficient (Wildman–Crippen LogP) is 3.35. The van der Waals surface area contributed by atoms with Crippen molar-refractivity contribution in [2.45, 2.75) is 30.0 Å². The van der Waals surface area contributed by atoms with Crippen LogP contribution in [0.25, 0.3) is 0 Å². The summed E-state index contributed by atoms with van der Waals surface area (Å²) in [6, 6.07) is 16.8. The van der Waals surface area contributed by atoms with Crippen LogP contribution in [0.4, 0.5) is 0 Å². The van der Waals surface area contributed by atoms with Crippen LogP contribution >= 0.6 is 11.8 Å². The van der Waals surface area contributed by atoms with Crippen molar-refractivity contribution >= 4 is 17.7 Å². The molecule has 0 aliphatic heterocycles. The Kier molecular flexibility index (Phi) is 6.86. The van der Waals surface area contributed by atoms with Crippen LogP contribution in [0.1, 0.15) is 34.8 Å². The van der Waals surface area contributed by atoms with Crippen molar-refractivity contribution in [2.75, 3.05) is 6.61 Å². The Balaban J connectivity index is 2.07. The standard InChI is InChI=1S/C19H20N2O2S/c1-2-16(12-22)21-19(23)17-5-3-4-6-18(17)24-13-15-9-7-14(11-20)8-10-15/h3-10,16,22H,2,12-13H2,1H3,(H,21,23). The molecule has 2 aromatic rings. The number of nitrogens with zero attached hydrogens (tertiary/aromatic N) is 1. The lowest BCUT2D eigenvalue weighted by Crippen LogP contribution is -2.37. The molecule has 1 atom stereocenters. The van der Waals surface area contributed by atoms with Gasteiger partial charge in [0.1, 0.15) is 0 Å². The molecule has 0 aliphatic carbocycles. The highest BCUT2D eigenvalue weighted by Crippen LogP contribution is 2.26. The zero-order chi connectivity index (χ0) is 17.4. The summed E-state index contributed by atoms with van der Waals surface area (Å²) < 4.78 is 0. The number of thioether (sulfide) groups is 1. The van der Waals surface area contributed by atoms with Crippen LogP contribution < -0.4 is 5.32 Å². The average Bonchev–Trinajstić information content (AvgIpc) is 2.64. The SMILES string of the molecule is CCC(CO)NC(=O)c1ccccc1SCc1ccc(C#N)cc1. The molecule has 1 amide bonds. The van der Waals surface area contributed by atoms with Crippen LogP contribution in [0.2, 0.25) is 0 Å². The summed E-state index contributed by atoms with van der Waals surface area (Å²) in [7, 11) is 0. The van der Waals surface area contributed by atoms with Crippen molar-refractivity contribution in [3.8, 4) is 6.07 Å². The van der Waals surface area contributed by atoms with E-state index in [0.717, 1.165) is 10.5 Å². The Hall–Kier alpha value is -2.29. The minimum atomic E-state index is -0.228. The second-order valence-electron chi connectivity index (χ2n) is 5.35. The maximum absolute atomic E-state index is 12.4. The molecule has 24 heavy (non-hydrogen) atoms. The van der Waals surface area contributed by atoms with Crippen molar-refractivity contribution in [3.05, 3.63) is 65.2 Å². The fourth-order valence-corrected chi connectivity index (χ4v) is 3.16. The minimum absolute atomic E-state index is 0.0667. The number of carbonyl (C=O) groups excluding carboxylic acids is 1. The third-order valence-electron chi connectivity index (χ3n) is 3.66. The molecule has 0 heterocycles. The molecular formula is C19H20N2O2S. The molecule has 124 valence electrons. The number of nitriles is 1. The van der Waals surface area contributed by atoms with Gasteiger partial charge in [0.25, 0.3) is 5.91 Å². The summed E-state index contributed by atoms with van der Waals surface area (Å²) >= 11 is 1.58. The Labute approximate surface area is 146 Å². The smallest absolute Gasteiger partial charge is 0.252 e. The van der Waals surface area contributed by atoms with Gasteiger partial charge in [0.15, 0.2) is 0 Å². The Bertz CT molecular complexity index is 719. The minimum Gasteiger partial charge on any atom is -0.394 e. The van der Waals surface area contributed by atoms with Gasteiger partial charge in [0, 0.05) is 10.6 Å². The van der Waals surface area contributed by atoms with Gasteiger partial charge in [0.2, 0.25) is 0 Å². The second-order valence-corrected chi connectivity index (χ2v) is 6.37. The fraction of sp³-hybridized carbons (Fsp3) is 0.263. The molecular weight excluding hydrogens is 320 g/mol. The molecule has 0 fully saturated rings. The van der Waals surface area contributed by atoms with Crippen molar-refractivity contribution in [1.29, 1.82) is 5.26 Å². The number of aliphatic hydroxyl groups excluding tert-OH is 1. The number of hydrogen-bond donors (Lipinski definition) is 2. The van der Waals surface area contributed by atoms with Crippen LogP contribution in [0.5, 0.6) is 0 Å². The Morgan fingerprint density at radius 3 is 2.58 bits per heavy atom. The number of hydrogen-bond acceptors (Lipinski definition) is 4. The van der Waals surface area contributed by atoms with Crippen LogP contribution in [0, 0.1) is 11.3 Å². The molecule has 0 saturated heterocycles. The fourth-order valence-electron chi connectivity index (χ4n) is 2.16. The van der Waals surface area contributed by atoms with E-state index in [4.69, 9.17) is 5.26 Å². The lowest BCUT2D eigenvalue weighted by molar-refractivity contribution is 0.0912. The summed E-state index contributed by atoms with van der Waals surface area (Å²) in [5.74, 6) is 0.548. The molecule has 2 rings (SSSR count). The van der Waals surface area contributed by atoms with Gasteiger partial charge in [-0.05, 0) is 36.2 Å². The highest BCUT2D eigenvalue weighted by Gasteiger charge is 2.14. The quantitative estimate of drug-likeness (QED) is 0.758. The highest BCUT2D eigenvalue weighted by atomic mass is 32.2. The summed E-state index contributed by atoms with van der Waals surface area (Å²) in [6.45, 7) is 1.86. The largest absolute Gasteiger partial charge is 0.394 e. The maximum atomic E-state index is 12.4. The van der Waals surface area contributed by atoms with Gasteiger partial charge in [0.05, 0.1) is 29.8 Å². The van der Waals surface area contributed by atoms with Crippen molar-refractivity contribution in [3.63, 3.8) is 0 Å². The second kappa shape index (κ2) is 9.11. The molecule has 0 bridgehead atoms. The van der Waals surface area contributed by atoms with E-state index in [1.54, 1.807) is 30.0 Å². The van der Waals surface area contributed by atoms with Crippen LogP contribution in [-0.2, 0) is 5.75 Å². The van der Waals surface area contributed by atoms with Gasteiger partial charge in [-0.2, -0.15) is 5.26 Å². The lowest BCUT2D eigenvalue weighted by Gasteiger charge is -2.15.